The van der Waals surface area contributed by atoms with Crippen LogP contribution in [0.4, 0.5) is 0 Å². The Kier molecular flexibility index (Phi) is 6.80. The van der Waals surface area contributed by atoms with Gasteiger partial charge in [0.15, 0.2) is 0 Å². The maximum atomic E-state index is 3.56. The highest BCUT2D eigenvalue weighted by molar-refractivity contribution is 5.37. The molecule has 0 nitrogen and oxygen atoms in total. The van der Waals surface area contributed by atoms with E-state index in [1.54, 1.807) is 0 Å². The first-order valence-corrected chi connectivity index (χ1v) is 6.13. The zero-order chi connectivity index (χ0) is 12.7. The van der Waals surface area contributed by atoms with E-state index in [4.69, 9.17) is 0 Å². The molecule has 0 saturated carbocycles. The maximum Gasteiger partial charge on any atom is -0.0305 e. The van der Waals surface area contributed by atoms with Crippen molar-refractivity contribution < 1.29 is 0 Å². The molecule has 0 N–H and O–H groups in total. The smallest absolute Gasteiger partial charge is 0.0305 e. The largest absolute Gasteiger partial charge is 0.100 e. The molecule has 0 bridgehead atoms. The normalized spacial score (nSPS) is 9.38. The summed E-state index contributed by atoms with van der Waals surface area (Å²) in [6, 6.07) is 4.66. The van der Waals surface area contributed by atoms with Crippen LogP contribution in [0.15, 0.2) is 24.3 Å². The van der Waals surface area contributed by atoms with Crippen molar-refractivity contribution in [2.75, 3.05) is 0 Å². The third-order valence-electron chi connectivity index (χ3n) is 2.56. The molecule has 0 heterocycles. The molecular weight excluding hydrogens is 192 g/mol. The van der Waals surface area contributed by atoms with Gasteiger partial charge in [0, 0.05) is 0 Å². The number of benzene rings is 1. The molecule has 90 valence electrons. The standard InChI is InChI=1S/C12H18.C4H8/c1-5-11-8-12(6-2)10(4)7-9(11)3;1-4(2)3/h7-8H,5-6H2,1-4H3;1H2,2-3H3. The Hall–Kier alpha value is -1.04. The highest BCUT2D eigenvalue weighted by Crippen LogP contribution is 2.16. The molecule has 0 heteroatoms. The van der Waals surface area contributed by atoms with E-state index in [2.05, 4.69) is 46.4 Å². The average molecular weight is 218 g/mol. The van der Waals surface area contributed by atoms with E-state index in [0.717, 1.165) is 12.8 Å². The van der Waals surface area contributed by atoms with Crippen LogP contribution < -0.4 is 0 Å². The number of rotatable bonds is 2. The van der Waals surface area contributed by atoms with Crippen LogP contribution in [0.5, 0.6) is 0 Å². The summed E-state index contributed by atoms with van der Waals surface area (Å²) in [4.78, 5) is 0. The number of hydrogen-bond donors (Lipinski definition) is 0. The monoisotopic (exact) mass is 218 g/mol. The summed E-state index contributed by atoms with van der Waals surface area (Å²) >= 11 is 0. The summed E-state index contributed by atoms with van der Waals surface area (Å²) in [6.07, 6.45) is 2.30. The Morgan fingerprint density at radius 1 is 0.938 bits per heavy atom. The highest BCUT2D eigenvalue weighted by Gasteiger charge is 2.00. The summed E-state index contributed by atoms with van der Waals surface area (Å²) in [6.45, 7) is 16.3. The van der Waals surface area contributed by atoms with Crippen molar-refractivity contribution in [3.05, 3.63) is 46.5 Å². The molecule has 0 unspecified atom stereocenters. The van der Waals surface area contributed by atoms with Crippen molar-refractivity contribution in [1.82, 2.24) is 0 Å². The van der Waals surface area contributed by atoms with Gasteiger partial charge in [0.2, 0.25) is 0 Å². The second-order valence-corrected chi connectivity index (χ2v) is 4.62. The average Bonchev–Trinajstić information content (AvgIpc) is 2.17. The van der Waals surface area contributed by atoms with E-state index in [-0.39, 0.29) is 0 Å². The Morgan fingerprint density at radius 2 is 1.25 bits per heavy atom. The van der Waals surface area contributed by atoms with Gasteiger partial charge < -0.3 is 0 Å². The third kappa shape index (κ3) is 5.16. The highest BCUT2D eigenvalue weighted by atomic mass is 14.1. The van der Waals surface area contributed by atoms with Crippen LogP contribution in [-0.4, -0.2) is 0 Å². The lowest BCUT2D eigenvalue weighted by Gasteiger charge is -2.09. The molecule has 0 aliphatic rings. The van der Waals surface area contributed by atoms with Crippen molar-refractivity contribution >= 4 is 0 Å². The van der Waals surface area contributed by atoms with Crippen LogP contribution in [0.3, 0.4) is 0 Å². The van der Waals surface area contributed by atoms with E-state index in [1.807, 2.05) is 13.8 Å². The summed E-state index contributed by atoms with van der Waals surface area (Å²) in [5, 5.41) is 0. The van der Waals surface area contributed by atoms with Gasteiger partial charge in [-0.1, -0.05) is 31.6 Å². The second-order valence-electron chi connectivity index (χ2n) is 4.62. The molecule has 0 atom stereocenters. The van der Waals surface area contributed by atoms with E-state index in [0.29, 0.717) is 0 Å². The fourth-order valence-corrected chi connectivity index (χ4v) is 1.71. The number of allylic oxidation sites excluding steroid dienone is 1. The van der Waals surface area contributed by atoms with Crippen LogP contribution >= 0.6 is 0 Å². The van der Waals surface area contributed by atoms with Crippen LogP contribution in [0.2, 0.25) is 0 Å². The molecule has 0 amide bonds. The summed E-state index contributed by atoms with van der Waals surface area (Å²) in [7, 11) is 0. The predicted octanol–water partition coefficient (Wildman–Crippen LogP) is 5.01. The molecule has 0 spiro atoms. The quantitative estimate of drug-likeness (QED) is 0.612. The minimum absolute atomic E-state index is 1.15. The van der Waals surface area contributed by atoms with Gasteiger partial charge in [0.05, 0.1) is 0 Å². The van der Waals surface area contributed by atoms with Gasteiger partial charge in [-0.05, 0) is 62.8 Å². The molecule has 1 rings (SSSR count). The van der Waals surface area contributed by atoms with Crippen molar-refractivity contribution in [1.29, 1.82) is 0 Å². The lowest BCUT2D eigenvalue weighted by Crippen LogP contribution is -1.93. The van der Waals surface area contributed by atoms with Gasteiger partial charge in [-0.2, -0.15) is 0 Å². The number of aryl methyl sites for hydroxylation is 4. The second kappa shape index (κ2) is 7.27. The fraction of sp³-hybridized carbons (Fsp3) is 0.500. The Labute approximate surface area is 101 Å². The zero-order valence-corrected chi connectivity index (χ0v) is 11.8. The zero-order valence-electron chi connectivity index (χ0n) is 11.8. The van der Waals surface area contributed by atoms with Crippen LogP contribution in [0.1, 0.15) is 49.9 Å². The lowest BCUT2D eigenvalue weighted by molar-refractivity contribution is 1.05. The molecule has 16 heavy (non-hydrogen) atoms. The van der Waals surface area contributed by atoms with E-state index in [1.165, 1.54) is 27.8 Å². The van der Waals surface area contributed by atoms with Gasteiger partial charge in [-0.25, -0.2) is 0 Å². The summed E-state index contributed by atoms with van der Waals surface area (Å²) in [5.41, 5.74) is 7.04. The summed E-state index contributed by atoms with van der Waals surface area (Å²) in [5.74, 6) is 0. The van der Waals surface area contributed by atoms with E-state index in [9.17, 15) is 0 Å². The molecule has 0 aliphatic heterocycles. The van der Waals surface area contributed by atoms with Gasteiger partial charge in [-0.3, -0.25) is 0 Å². The van der Waals surface area contributed by atoms with E-state index >= 15 is 0 Å². The van der Waals surface area contributed by atoms with Crippen molar-refractivity contribution in [2.24, 2.45) is 0 Å². The van der Waals surface area contributed by atoms with Crippen molar-refractivity contribution in [2.45, 2.75) is 54.4 Å². The first kappa shape index (κ1) is 15.0. The van der Waals surface area contributed by atoms with Crippen LogP contribution in [0.25, 0.3) is 0 Å². The molecule has 0 fully saturated rings. The van der Waals surface area contributed by atoms with Crippen LogP contribution in [0, 0.1) is 13.8 Å². The van der Waals surface area contributed by atoms with Gasteiger partial charge in [0.25, 0.3) is 0 Å². The van der Waals surface area contributed by atoms with Gasteiger partial charge in [-0.15, -0.1) is 6.58 Å². The molecule has 1 aromatic rings. The van der Waals surface area contributed by atoms with Crippen molar-refractivity contribution in [3.8, 4) is 0 Å². The van der Waals surface area contributed by atoms with E-state index < -0.39 is 0 Å². The fourth-order valence-electron chi connectivity index (χ4n) is 1.71. The molecule has 0 saturated heterocycles. The molecule has 1 aromatic carbocycles. The Bertz CT molecular complexity index is 316. The van der Waals surface area contributed by atoms with Gasteiger partial charge >= 0.3 is 0 Å². The Morgan fingerprint density at radius 3 is 1.50 bits per heavy atom. The maximum absolute atomic E-state index is 3.56. The van der Waals surface area contributed by atoms with Gasteiger partial charge in [0.1, 0.15) is 0 Å². The predicted molar refractivity (Wildman–Crippen MR) is 75.2 cm³/mol. The first-order chi connectivity index (χ1) is 7.42. The van der Waals surface area contributed by atoms with Crippen molar-refractivity contribution in [3.63, 3.8) is 0 Å². The summed E-state index contributed by atoms with van der Waals surface area (Å²) < 4.78 is 0. The minimum atomic E-state index is 1.15. The third-order valence-corrected chi connectivity index (χ3v) is 2.56. The number of hydrogen-bond acceptors (Lipinski definition) is 0. The molecule has 0 radical (unpaired) electrons. The lowest BCUT2D eigenvalue weighted by atomic mass is 9.97. The molecular formula is C16H26. The molecule has 0 aliphatic carbocycles. The molecule has 0 aromatic heterocycles. The van der Waals surface area contributed by atoms with Crippen LogP contribution in [-0.2, 0) is 12.8 Å². The SMILES string of the molecule is C=C(C)C.CCc1cc(CC)c(C)cc1C. The minimum Gasteiger partial charge on any atom is -0.100 e. The topological polar surface area (TPSA) is 0 Å². The Balaban J connectivity index is 0.000000487. The first-order valence-electron chi connectivity index (χ1n) is 6.13.